The summed E-state index contributed by atoms with van der Waals surface area (Å²) in [6, 6.07) is 11.4. The first-order chi connectivity index (χ1) is 10.2. The van der Waals surface area contributed by atoms with E-state index in [9.17, 15) is 4.79 Å². The van der Waals surface area contributed by atoms with Gasteiger partial charge in [-0.1, -0.05) is 12.1 Å². The number of furan rings is 1. The van der Waals surface area contributed by atoms with Gasteiger partial charge in [0.15, 0.2) is 10.2 Å². The number of fused-ring (bicyclic) bond motifs is 1. The number of nitrogens with one attached hydrogen (secondary N) is 2. The molecule has 6 nitrogen and oxygen atoms in total. The summed E-state index contributed by atoms with van der Waals surface area (Å²) in [6.45, 7) is 1.39. The van der Waals surface area contributed by atoms with Crippen LogP contribution < -0.4 is 5.43 Å². The molecule has 2 N–H and O–H groups in total. The Labute approximate surface area is 124 Å². The van der Waals surface area contributed by atoms with Crippen LogP contribution in [0.4, 0.5) is 0 Å². The lowest BCUT2D eigenvalue weighted by Crippen LogP contribution is -2.12. The van der Waals surface area contributed by atoms with Gasteiger partial charge in [0.1, 0.15) is 5.76 Å². The Morgan fingerprint density at radius 2 is 2.24 bits per heavy atom. The molecule has 0 unspecified atom stereocenters. The van der Waals surface area contributed by atoms with Gasteiger partial charge in [-0.2, -0.15) is 5.10 Å². The quantitative estimate of drug-likeness (QED) is 0.573. The van der Waals surface area contributed by atoms with Crippen molar-refractivity contribution in [1.29, 1.82) is 0 Å². The van der Waals surface area contributed by atoms with Crippen LogP contribution in [0.3, 0.4) is 0 Å². The van der Waals surface area contributed by atoms with E-state index in [4.69, 9.17) is 4.42 Å². The maximum Gasteiger partial charge on any atom is 0.236 e. The number of aromatic nitrogens is 2. The minimum Gasteiger partial charge on any atom is -0.448 e. The highest BCUT2D eigenvalue weighted by atomic mass is 32.2. The van der Waals surface area contributed by atoms with Crippen molar-refractivity contribution in [1.82, 2.24) is 15.4 Å². The lowest BCUT2D eigenvalue weighted by Gasteiger charge is -1.91. The lowest BCUT2D eigenvalue weighted by molar-refractivity contribution is -0.118. The van der Waals surface area contributed by atoms with Crippen LogP contribution in [0.1, 0.15) is 12.7 Å². The van der Waals surface area contributed by atoms with E-state index in [-0.39, 0.29) is 5.91 Å². The molecule has 0 saturated carbocycles. The fraction of sp³-hybridized carbons (Fsp3) is 0.0714. The van der Waals surface area contributed by atoms with Crippen molar-refractivity contribution in [2.45, 2.75) is 17.2 Å². The summed E-state index contributed by atoms with van der Waals surface area (Å²) in [5, 5.41) is 5.20. The summed E-state index contributed by atoms with van der Waals surface area (Å²) in [5.41, 5.74) is 4.22. The number of amides is 1. The predicted molar refractivity (Wildman–Crippen MR) is 80.3 cm³/mol. The number of benzene rings is 1. The van der Waals surface area contributed by atoms with Gasteiger partial charge in [-0.15, -0.1) is 0 Å². The van der Waals surface area contributed by atoms with Crippen LogP contribution in [0.2, 0.25) is 0 Å². The lowest BCUT2D eigenvalue weighted by atomic mass is 10.3. The Morgan fingerprint density at radius 1 is 1.38 bits per heavy atom. The number of nitrogens with zero attached hydrogens (tertiary/aromatic N) is 2. The van der Waals surface area contributed by atoms with E-state index in [1.165, 1.54) is 24.9 Å². The molecule has 0 aliphatic carbocycles. The first-order valence-electron chi connectivity index (χ1n) is 6.23. The number of hydrogen-bond acceptors (Lipinski definition) is 5. The number of aromatic amines is 1. The third-order valence-corrected chi connectivity index (χ3v) is 3.39. The van der Waals surface area contributed by atoms with Crippen molar-refractivity contribution in [2.24, 2.45) is 5.10 Å². The van der Waals surface area contributed by atoms with Crippen LogP contribution >= 0.6 is 11.8 Å². The molecule has 0 bridgehead atoms. The zero-order chi connectivity index (χ0) is 14.7. The highest BCUT2D eigenvalue weighted by Crippen LogP contribution is 2.28. The maximum atomic E-state index is 10.7. The molecule has 3 aromatic rings. The average Bonchev–Trinajstić information content (AvgIpc) is 3.04. The maximum absolute atomic E-state index is 10.7. The Morgan fingerprint density at radius 3 is 3.05 bits per heavy atom. The predicted octanol–water partition coefficient (Wildman–Crippen LogP) is 2.78. The molecule has 0 aliphatic heterocycles. The van der Waals surface area contributed by atoms with E-state index in [2.05, 4.69) is 20.5 Å². The molecule has 2 aromatic heterocycles. The molecule has 7 heteroatoms. The van der Waals surface area contributed by atoms with E-state index in [1.54, 1.807) is 6.07 Å². The van der Waals surface area contributed by atoms with Gasteiger partial charge < -0.3 is 9.40 Å². The SMILES string of the molecule is CC(=O)N/N=C\c1ccc(Sc2nc3ccccc3[nH]2)o1. The molecule has 3 rings (SSSR count). The van der Waals surface area contributed by atoms with Gasteiger partial charge in [0.05, 0.1) is 17.2 Å². The summed E-state index contributed by atoms with van der Waals surface area (Å²) in [5.74, 6) is 0.331. The first kappa shape index (κ1) is 13.4. The Hall–Kier alpha value is -2.54. The molecule has 106 valence electrons. The topological polar surface area (TPSA) is 83.3 Å². The number of carbonyl (C=O) groups is 1. The van der Waals surface area contributed by atoms with E-state index < -0.39 is 0 Å². The standard InChI is InChI=1S/C14H12N4O2S/c1-9(19)18-15-8-10-6-7-13(20-10)21-14-16-11-4-2-3-5-12(11)17-14/h2-8H,1H3,(H,16,17)(H,18,19)/b15-8-. The van der Waals surface area contributed by atoms with Crippen molar-refractivity contribution in [3.63, 3.8) is 0 Å². The molecule has 0 aliphatic rings. The third kappa shape index (κ3) is 3.32. The number of para-hydroxylation sites is 2. The molecule has 0 spiro atoms. The van der Waals surface area contributed by atoms with Gasteiger partial charge in [-0.25, -0.2) is 10.4 Å². The molecule has 0 radical (unpaired) electrons. The number of H-pyrrole nitrogens is 1. The number of rotatable bonds is 4. The summed E-state index contributed by atoms with van der Waals surface area (Å²) < 4.78 is 5.57. The molecular weight excluding hydrogens is 288 g/mol. The van der Waals surface area contributed by atoms with E-state index in [0.29, 0.717) is 10.9 Å². The zero-order valence-corrected chi connectivity index (χ0v) is 12.0. The van der Waals surface area contributed by atoms with Crippen LogP contribution in [0, 0.1) is 0 Å². The van der Waals surface area contributed by atoms with E-state index >= 15 is 0 Å². The number of hydrogen-bond donors (Lipinski definition) is 2. The number of hydrazone groups is 1. The van der Waals surface area contributed by atoms with Crippen LogP contribution in [0.5, 0.6) is 0 Å². The van der Waals surface area contributed by atoms with Crippen molar-refractivity contribution in [3.8, 4) is 0 Å². The van der Waals surface area contributed by atoms with Crippen molar-refractivity contribution >= 4 is 34.9 Å². The molecule has 0 saturated heterocycles. The van der Waals surface area contributed by atoms with Crippen molar-refractivity contribution < 1.29 is 9.21 Å². The van der Waals surface area contributed by atoms with Gasteiger partial charge in [0, 0.05) is 6.92 Å². The van der Waals surface area contributed by atoms with Crippen LogP contribution in [0.25, 0.3) is 11.0 Å². The second-order valence-corrected chi connectivity index (χ2v) is 5.24. The molecular formula is C14H12N4O2S. The number of carbonyl (C=O) groups excluding carboxylic acids is 1. The van der Waals surface area contributed by atoms with Crippen molar-refractivity contribution in [2.75, 3.05) is 0 Å². The monoisotopic (exact) mass is 300 g/mol. The van der Waals surface area contributed by atoms with Gasteiger partial charge in [0.25, 0.3) is 0 Å². The third-order valence-electron chi connectivity index (χ3n) is 2.58. The fourth-order valence-electron chi connectivity index (χ4n) is 1.72. The van der Waals surface area contributed by atoms with Gasteiger partial charge >= 0.3 is 0 Å². The van der Waals surface area contributed by atoms with E-state index in [1.807, 2.05) is 30.3 Å². The smallest absolute Gasteiger partial charge is 0.236 e. The Kier molecular flexibility index (Phi) is 3.74. The van der Waals surface area contributed by atoms with Crippen LogP contribution in [-0.2, 0) is 4.79 Å². The molecule has 1 aromatic carbocycles. The molecule has 0 fully saturated rings. The summed E-state index contributed by atoms with van der Waals surface area (Å²) in [6.07, 6.45) is 1.45. The minimum absolute atomic E-state index is 0.227. The van der Waals surface area contributed by atoms with E-state index in [0.717, 1.165) is 16.2 Å². The van der Waals surface area contributed by atoms with Crippen molar-refractivity contribution in [3.05, 3.63) is 42.2 Å². The van der Waals surface area contributed by atoms with Gasteiger partial charge in [-0.05, 0) is 36.0 Å². The number of imidazole rings is 1. The summed E-state index contributed by atoms with van der Waals surface area (Å²) in [7, 11) is 0. The second kappa shape index (κ2) is 5.84. The van der Waals surface area contributed by atoms with Crippen LogP contribution in [0.15, 0.2) is 56.2 Å². The average molecular weight is 300 g/mol. The highest BCUT2D eigenvalue weighted by molar-refractivity contribution is 7.99. The molecule has 1 amide bonds. The summed E-state index contributed by atoms with van der Waals surface area (Å²) in [4.78, 5) is 18.4. The Bertz CT molecular complexity index is 773. The largest absolute Gasteiger partial charge is 0.448 e. The molecule has 21 heavy (non-hydrogen) atoms. The normalized spacial score (nSPS) is 11.3. The highest BCUT2D eigenvalue weighted by Gasteiger charge is 2.07. The molecule has 2 heterocycles. The zero-order valence-electron chi connectivity index (χ0n) is 11.2. The second-order valence-electron chi connectivity index (χ2n) is 4.24. The Balaban J connectivity index is 1.71. The first-order valence-corrected chi connectivity index (χ1v) is 7.04. The van der Waals surface area contributed by atoms with Gasteiger partial charge in [0.2, 0.25) is 5.91 Å². The summed E-state index contributed by atoms with van der Waals surface area (Å²) >= 11 is 1.39. The van der Waals surface area contributed by atoms with Crippen LogP contribution in [-0.4, -0.2) is 22.1 Å². The minimum atomic E-state index is -0.227. The molecule has 0 atom stereocenters. The fourth-order valence-corrected chi connectivity index (χ4v) is 2.49. The van der Waals surface area contributed by atoms with Gasteiger partial charge in [-0.3, -0.25) is 4.79 Å².